The molecule has 2 saturated carbocycles. The minimum atomic E-state index is -3.28. The second-order valence-corrected chi connectivity index (χ2v) is 12.5. The van der Waals surface area contributed by atoms with Gasteiger partial charge in [0.25, 0.3) is 0 Å². The SMILES string of the molecule is CC1(C)C2CCC1(CS(=O)(=O)N1CCC3(CCc4ccccc43)CC1)C(N)C2. The summed E-state index contributed by atoms with van der Waals surface area (Å²) in [6.45, 7) is 5.83. The highest BCUT2D eigenvalue weighted by Crippen LogP contribution is 2.65. The van der Waals surface area contributed by atoms with Crippen molar-refractivity contribution in [3.63, 3.8) is 0 Å². The number of nitrogens with zero attached hydrogens (tertiary/aromatic N) is 1. The molecule has 0 radical (unpaired) electrons. The quantitative estimate of drug-likeness (QED) is 0.842. The fourth-order valence-electron chi connectivity index (χ4n) is 7.39. The number of piperidine rings is 1. The van der Waals surface area contributed by atoms with E-state index >= 15 is 0 Å². The average molecular weight is 403 g/mol. The second kappa shape index (κ2) is 6.05. The summed E-state index contributed by atoms with van der Waals surface area (Å²) in [5.41, 5.74) is 9.45. The zero-order chi connectivity index (χ0) is 19.8. The molecule has 1 aromatic rings. The van der Waals surface area contributed by atoms with Crippen LogP contribution in [0, 0.1) is 16.7 Å². The van der Waals surface area contributed by atoms with E-state index in [0.717, 1.165) is 38.5 Å². The number of nitrogens with two attached hydrogens (primary N) is 1. The Morgan fingerprint density at radius 2 is 1.82 bits per heavy atom. The number of aryl methyl sites for hydroxylation is 1. The van der Waals surface area contributed by atoms with Crippen LogP contribution in [-0.4, -0.2) is 37.6 Å². The molecule has 154 valence electrons. The van der Waals surface area contributed by atoms with Crippen LogP contribution in [0.25, 0.3) is 0 Å². The van der Waals surface area contributed by atoms with Gasteiger partial charge < -0.3 is 5.73 Å². The Balaban J connectivity index is 1.34. The highest BCUT2D eigenvalue weighted by molar-refractivity contribution is 7.89. The number of fused-ring (bicyclic) bond motifs is 4. The first-order valence-corrected chi connectivity index (χ1v) is 12.6. The predicted molar refractivity (Wildman–Crippen MR) is 113 cm³/mol. The first-order chi connectivity index (χ1) is 13.2. The lowest BCUT2D eigenvalue weighted by atomic mass is 9.69. The van der Waals surface area contributed by atoms with Gasteiger partial charge in [-0.1, -0.05) is 38.1 Å². The minimum Gasteiger partial charge on any atom is -0.327 e. The third-order valence-electron chi connectivity index (χ3n) is 9.47. The smallest absolute Gasteiger partial charge is 0.214 e. The van der Waals surface area contributed by atoms with E-state index in [9.17, 15) is 8.42 Å². The molecule has 1 spiro atoms. The summed E-state index contributed by atoms with van der Waals surface area (Å²) in [7, 11) is -3.28. The van der Waals surface area contributed by atoms with Crippen molar-refractivity contribution in [3.8, 4) is 0 Å². The van der Waals surface area contributed by atoms with E-state index in [0.29, 0.717) is 19.0 Å². The van der Waals surface area contributed by atoms with Gasteiger partial charge in [-0.05, 0) is 72.8 Å². The van der Waals surface area contributed by atoms with Crippen molar-refractivity contribution in [2.24, 2.45) is 22.5 Å². The molecule has 4 nitrogen and oxygen atoms in total. The molecule has 3 aliphatic carbocycles. The van der Waals surface area contributed by atoms with E-state index in [1.807, 2.05) is 0 Å². The standard InChI is InChI=1S/C23H34N2O2S/c1-21(2)18-8-10-23(21,20(24)15-18)16-28(26,27)25-13-11-22(12-14-25)9-7-17-5-3-4-6-19(17)22/h3-6,18,20H,7-16,24H2,1-2H3. The van der Waals surface area contributed by atoms with Crippen LogP contribution < -0.4 is 5.73 Å². The third kappa shape index (κ3) is 2.45. The summed E-state index contributed by atoms with van der Waals surface area (Å²) >= 11 is 0. The first kappa shape index (κ1) is 19.1. The van der Waals surface area contributed by atoms with Gasteiger partial charge in [0, 0.05) is 24.5 Å². The average Bonchev–Trinajstić information content (AvgIpc) is 3.19. The second-order valence-electron chi connectivity index (χ2n) is 10.5. The number of benzene rings is 1. The summed E-state index contributed by atoms with van der Waals surface area (Å²) in [6, 6.07) is 8.79. The van der Waals surface area contributed by atoms with Crippen molar-refractivity contribution >= 4 is 10.0 Å². The zero-order valence-corrected chi connectivity index (χ0v) is 18.1. The van der Waals surface area contributed by atoms with Crippen LogP contribution in [0.15, 0.2) is 24.3 Å². The molecule has 5 rings (SSSR count). The topological polar surface area (TPSA) is 63.4 Å². The molecule has 3 unspecified atom stereocenters. The van der Waals surface area contributed by atoms with Crippen molar-refractivity contribution in [3.05, 3.63) is 35.4 Å². The third-order valence-corrected chi connectivity index (χ3v) is 11.5. The molecule has 4 aliphatic rings. The molecule has 1 aliphatic heterocycles. The van der Waals surface area contributed by atoms with Crippen molar-refractivity contribution < 1.29 is 8.42 Å². The Morgan fingerprint density at radius 3 is 2.46 bits per heavy atom. The van der Waals surface area contributed by atoms with Crippen molar-refractivity contribution in [1.29, 1.82) is 0 Å². The van der Waals surface area contributed by atoms with Crippen LogP contribution in [0.2, 0.25) is 0 Å². The zero-order valence-electron chi connectivity index (χ0n) is 17.3. The largest absolute Gasteiger partial charge is 0.327 e. The maximum absolute atomic E-state index is 13.5. The summed E-state index contributed by atoms with van der Waals surface area (Å²) in [6.07, 6.45) is 7.30. The van der Waals surface area contributed by atoms with Crippen LogP contribution in [0.1, 0.15) is 63.5 Å². The van der Waals surface area contributed by atoms with Gasteiger partial charge in [0.05, 0.1) is 5.75 Å². The number of hydrogen-bond acceptors (Lipinski definition) is 3. The lowest BCUT2D eigenvalue weighted by Crippen LogP contribution is -2.53. The number of rotatable bonds is 3. The fourth-order valence-corrected chi connectivity index (χ4v) is 9.69. The first-order valence-electron chi connectivity index (χ1n) is 11.0. The summed E-state index contributed by atoms with van der Waals surface area (Å²) < 4.78 is 28.7. The molecule has 28 heavy (non-hydrogen) atoms. The molecule has 2 bridgehead atoms. The predicted octanol–water partition coefficient (Wildman–Crippen LogP) is 3.45. The maximum atomic E-state index is 13.5. The number of hydrogen-bond donors (Lipinski definition) is 1. The van der Waals surface area contributed by atoms with Gasteiger partial charge in [0.2, 0.25) is 10.0 Å². The fraction of sp³-hybridized carbons (Fsp3) is 0.739. The van der Waals surface area contributed by atoms with Crippen LogP contribution in [0.3, 0.4) is 0 Å². The van der Waals surface area contributed by atoms with Gasteiger partial charge in [-0.15, -0.1) is 0 Å². The van der Waals surface area contributed by atoms with E-state index in [-0.39, 0.29) is 28.0 Å². The van der Waals surface area contributed by atoms with Crippen molar-refractivity contribution in [2.75, 3.05) is 18.8 Å². The van der Waals surface area contributed by atoms with Gasteiger partial charge in [-0.3, -0.25) is 0 Å². The summed E-state index contributed by atoms with van der Waals surface area (Å²) in [5, 5.41) is 0. The molecule has 1 aromatic carbocycles. The highest BCUT2D eigenvalue weighted by atomic mass is 32.2. The normalized spacial score (nSPS) is 36.1. The molecule has 0 amide bonds. The molecule has 3 atom stereocenters. The van der Waals surface area contributed by atoms with Gasteiger partial charge in [-0.25, -0.2) is 12.7 Å². The molecule has 3 fully saturated rings. The van der Waals surface area contributed by atoms with Gasteiger partial charge in [0.1, 0.15) is 0 Å². The Morgan fingerprint density at radius 1 is 1.11 bits per heavy atom. The molecule has 5 heteroatoms. The molecule has 0 aromatic heterocycles. The van der Waals surface area contributed by atoms with E-state index in [1.165, 1.54) is 17.5 Å². The Kier molecular flexibility index (Phi) is 4.12. The van der Waals surface area contributed by atoms with Crippen LogP contribution >= 0.6 is 0 Å². The molecule has 2 N–H and O–H groups in total. The molecular weight excluding hydrogens is 368 g/mol. The summed E-state index contributed by atoms with van der Waals surface area (Å²) in [4.78, 5) is 0. The maximum Gasteiger partial charge on any atom is 0.214 e. The molecule has 1 heterocycles. The monoisotopic (exact) mass is 402 g/mol. The minimum absolute atomic E-state index is 0.0221. The van der Waals surface area contributed by atoms with E-state index < -0.39 is 10.0 Å². The lowest BCUT2D eigenvalue weighted by Gasteiger charge is -2.44. The number of sulfonamides is 1. The Bertz CT molecular complexity index is 886. The van der Waals surface area contributed by atoms with Crippen molar-refractivity contribution in [1.82, 2.24) is 4.31 Å². The Labute approximate surface area is 169 Å². The summed E-state index contributed by atoms with van der Waals surface area (Å²) in [5.74, 6) is 0.825. The van der Waals surface area contributed by atoms with Gasteiger partial charge in [-0.2, -0.15) is 0 Å². The van der Waals surface area contributed by atoms with E-state index in [4.69, 9.17) is 5.73 Å². The van der Waals surface area contributed by atoms with Crippen molar-refractivity contribution in [2.45, 2.75) is 70.3 Å². The van der Waals surface area contributed by atoms with E-state index in [1.54, 1.807) is 4.31 Å². The molecular formula is C23H34N2O2S. The van der Waals surface area contributed by atoms with E-state index in [2.05, 4.69) is 38.1 Å². The Hall–Kier alpha value is -0.910. The molecule has 1 saturated heterocycles. The van der Waals surface area contributed by atoms with Crippen LogP contribution in [0.5, 0.6) is 0 Å². The van der Waals surface area contributed by atoms with Gasteiger partial charge >= 0.3 is 0 Å². The van der Waals surface area contributed by atoms with Crippen LogP contribution in [-0.2, 0) is 21.9 Å². The highest BCUT2D eigenvalue weighted by Gasteiger charge is 2.64. The lowest BCUT2D eigenvalue weighted by molar-refractivity contribution is 0.136. The van der Waals surface area contributed by atoms with Crippen LogP contribution in [0.4, 0.5) is 0 Å². The van der Waals surface area contributed by atoms with Gasteiger partial charge in [0.15, 0.2) is 0 Å².